The molecule has 0 saturated carbocycles. The number of fused-ring (bicyclic) bond motifs is 1. The zero-order valence-electron chi connectivity index (χ0n) is 10.4. The molecule has 0 bridgehead atoms. The van der Waals surface area contributed by atoms with Crippen molar-refractivity contribution in [3.63, 3.8) is 0 Å². The van der Waals surface area contributed by atoms with E-state index in [1.54, 1.807) is 12.4 Å². The molecule has 100 valence electrons. The normalized spacial score (nSPS) is 22.2. The molecule has 1 aromatic heterocycles. The molecule has 0 aliphatic carbocycles. The van der Waals surface area contributed by atoms with Crippen LogP contribution < -0.4 is 5.32 Å². The molecule has 1 aliphatic heterocycles. The highest BCUT2D eigenvalue weighted by atomic mass is 32.2. The maximum atomic E-state index is 11.6. The molecule has 5 nitrogen and oxygen atoms in total. The highest BCUT2D eigenvalue weighted by molar-refractivity contribution is 7.91. The van der Waals surface area contributed by atoms with Crippen LogP contribution in [0.1, 0.15) is 12.8 Å². The molecule has 1 saturated heterocycles. The molecule has 1 unspecified atom stereocenters. The third kappa shape index (κ3) is 2.84. The van der Waals surface area contributed by atoms with Crippen molar-refractivity contribution < 1.29 is 8.42 Å². The minimum atomic E-state index is -2.88. The van der Waals surface area contributed by atoms with Gasteiger partial charge in [-0.25, -0.2) is 8.42 Å². The van der Waals surface area contributed by atoms with E-state index in [-0.39, 0.29) is 11.8 Å². The molecule has 3 rings (SSSR count). The molecule has 0 spiro atoms. The van der Waals surface area contributed by atoms with Crippen LogP contribution >= 0.6 is 0 Å². The molecular weight excluding hydrogens is 262 g/mol. The maximum absolute atomic E-state index is 11.6. The summed E-state index contributed by atoms with van der Waals surface area (Å²) in [6, 6.07) is 5.71. The van der Waals surface area contributed by atoms with Gasteiger partial charge in [-0.15, -0.1) is 0 Å². The van der Waals surface area contributed by atoms with Crippen LogP contribution in [0.4, 0.5) is 5.69 Å². The SMILES string of the molecule is O=S1(=O)CCCC(Nc2ccc3nccnc3c2)C1. The van der Waals surface area contributed by atoms with E-state index in [9.17, 15) is 8.42 Å². The van der Waals surface area contributed by atoms with Crippen molar-refractivity contribution in [3.8, 4) is 0 Å². The predicted octanol–water partition coefficient (Wildman–Crippen LogP) is 1.62. The van der Waals surface area contributed by atoms with E-state index in [0.717, 1.165) is 29.6 Å². The van der Waals surface area contributed by atoms with Gasteiger partial charge in [-0.3, -0.25) is 9.97 Å². The van der Waals surface area contributed by atoms with Crippen molar-refractivity contribution in [2.75, 3.05) is 16.8 Å². The molecule has 0 amide bonds. The van der Waals surface area contributed by atoms with Crippen LogP contribution in [0.5, 0.6) is 0 Å². The van der Waals surface area contributed by atoms with Crippen LogP contribution in [-0.2, 0) is 9.84 Å². The van der Waals surface area contributed by atoms with Gasteiger partial charge in [-0.1, -0.05) is 0 Å². The molecule has 1 aromatic carbocycles. The Hall–Kier alpha value is -1.69. The minimum absolute atomic E-state index is 0.00660. The van der Waals surface area contributed by atoms with Crippen molar-refractivity contribution in [3.05, 3.63) is 30.6 Å². The summed E-state index contributed by atoms with van der Waals surface area (Å²) in [5.74, 6) is 0.528. The number of anilines is 1. The third-order valence-electron chi connectivity index (χ3n) is 3.30. The average molecular weight is 277 g/mol. The third-order valence-corrected chi connectivity index (χ3v) is 5.12. The summed E-state index contributed by atoms with van der Waals surface area (Å²) < 4.78 is 23.2. The second kappa shape index (κ2) is 4.77. The summed E-state index contributed by atoms with van der Waals surface area (Å²) in [4.78, 5) is 8.45. The minimum Gasteiger partial charge on any atom is -0.381 e. The number of benzene rings is 1. The van der Waals surface area contributed by atoms with E-state index in [1.165, 1.54) is 0 Å². The zero-order valence-corrected chi connectivity index (χ0v) is 11.2. The fraction of sp³-hybridized carbons (Fsp3) is 0.385. The largest absolute Gasteiger partial charge is 0.381 e. The molecule has 0 radical (unpaired) electrons. The summed E-state index contributed by atoms with van der Waals surface area (Å²) in [5.41, 5.74) is 2.55. The number of sulfone groups is 1. The summed E-state index contributed by atoms with van der Waals surface area (Å²) in [7, 11) is -2.88. The van der Waals surface area contributed by atoms with Gasteiger partial charge in [0.1, 0.15) is 0 Å². The summed E-state index contributed by atoms with van der Waals surface area (Å²) in [5, 5.41) is 3.28. The van der Waals surface area contributed by atoms with E-state index < -0.39 is 9.84 Å². The molecule has 1 N–H and O–H groups in total. The van der Waals surface area contributed by atoms with Gasteiger partial charge < -0.3 is 5.32 Å². The van der Waals surface area contributed by atoms with Gasteiger partial charge in [0.25, 0.3) is 0 Å². The predicted molar refractivity (Wildman–Crippen MR) is 74.8 cm³/mol. The Bertz CT molecular complexity index is 700. The Balaban J connectivity index is 1.81. The summed E-state index contributed by atoms with van der Waals surface area (Å²) in [6.07, 6.45) is 4.92. The number of hydrogen-bond acceptors (Lipinski definition) is 5. The molecule has 2 aromatic rings. The molecular formula is C13H15N3O2S. The second-order valence-electron chi connectivity index (χ2n) is 4.86. The molecule has 2 heterocycles. The lowest BCUT2D eigenvalue weighted by Crippen LogP contribution is -2.34. The fourth-order valence-corrected chi connectivity index (χ4v) is 4.06. The van der Waals surface area contributed by atoms with Crippen LogP contribution in [0.15, 0.2) is 30.6 Å². The number of aromatic nitrogens is 2. The van der Waals surface area contributed by atoms with Gasteiger partial charge in [-0.05, 0) is 31.0 Å². The second-order valence-corrected chi connectivity index (χ2v) is 7.09. The Morgan fingerprint density at radius 1 is 1.16 bits per heavy atom. The molecule has 19 heavy (non-hydrogen) atoms. The average Bonchev–Trinajstić information content (AvgIpc) is 2.37. The number of nitrogens with zero attached hydrogens (tertiary/aromatic N) is 2. The van der Waals surface area contributed by atoms with Gasteiger partial charge in [0, 0.05) is 24.1 Å². The van der Waals surface area contributed by atoms with Crippen molar-refractivity contribution in [2.45, 2.75) is 18.9 Å². The fourth-order valence-electron chi connectivity index (χ4n) is 2.43. The highest BCUT2D eigenvalue weighted by Crippen LogP contribution is 2.20. The van der Waals surface area contributed by atoms with Crippen LogP contribution in [0, 0.1) is 0 Å². The van der Waals surface area contributed by atoms with Gasteiger partial charge >= 0.3 is 0 Å². The number of nitrogens with one attached hydrogen (secondary N) is 1. The van der Waals surface area contributed by atoms with Gasteiger partial charge in [0.05, 0.1) is 22.5 Å². The smallest absolute Gasteiger partial charge is 0.152 e. The van der Waals surface area contributed by atoms with Crippen molar-refractivity contribution in [2.24, 2.45) is 0 Å². The highest BCUT2D eigenvalue weighted by Gasteiger charge is 2.24. The number of hydrogen-bond donors (Lipinski definition) is 1. The summed E-state index contributed by atoms with van der Waals surface area (Å²) in [6.45, 7) is 0. The number of rotatable bonds is 2. The molecule has 6 heteroatoms. The first-order chi connectivity index (χ1) is 9.12. The summed E-state index contributed by atoms with van der Waals surface area (Å²) >= 11 is 0. The first-order valence-corrected chi connectivity index (χ1v) is 8.12. The monoisotopic (exact) mass is 277 g/mol. The first kappa shape index (κ1) is 12.3. The van der Waals surface area contributed by atoms with Crippen molar-refractivity contribution in [1.29, 1.82) is 0 Å². The Kier molecular flexibility index (Phi) is 3.10. The lowest BCUT2D eigenvalue weighted by molar-refractivity contribution is 0.562. The van der Waals surface area contributed by atoms with Gasteiger partial charge in [0.15, 0.2) is 9.84 Å². The molecule has 1 aliphatic rings. The molecule has 1 fully saturated rings. The van der Waals surface area contributed by atoms with Crippen molar-refractivity contribution >= 4 is 26.6 Å². The first-order valence-electron chi connectivity index (χ1n) is 6.30. The van der Waals surface area contributed by atoms with Crippen LogP contribution in [0.25, 0.3) is 11.0 Å². The maximum Gasteiger partial charge on any atom is 0.152 e. The van der Waals surface area contributed by atoms with E-state index in [2.05, 4.69) is 15.3 Å². The standard InChI is InChI=1S/C13H15N3O2S/c17-19(18)7-1-2-11(9-19)16-10-3-4-12-13(8-10)15-6-5-14-12/h3-6,8,11,16H,1-2,7,9H2. The topological polar surface area (TPSA) is 72.0 Å². The van der Waals surface area contributed by atoms with E-state index in [4.69, 9.17) is 0 Å². The van der Waals surface area contributed by atoms with Crippen molar-refractivity contribution in [1.82, 2.24) is 9.97 Å². The van der Waals surface area contributed by atoms with E-state index >= 15 is 0 Å². The van der Waals surface area contributed by atoms with Crippen LogP contribution in [0.3, 0.4) is 0 Å². The zero-order chi connectivity index (χ0) is 13.3. The Labute approximate surface area is 112 Å². The van der Waals surface area contributed by atoms with Crippen LogP contribution in [0.2, 0.25) is 0 Å². The van der Waals surface area contributed by atoms with Crippen LogP contribution in [-0.4, -0.2) is 35.9 Å². The van der Waals surface area contributed by atoms with E-state index in [0.29, 0.717) is 5.75 Å². The van der Waals surface area contributed by atoms with E-state index in [1.807, 2.05) is 18.2 Å². The Morgan fingerprint density at radius 2 is 1.95 bits per heavy atom. The van der Waals surface area contributed by atoms with Gasteiger partial charge in [0.2, 0.25) is 0 Å². The Morgan fingerprint density at radius 3 is 2.74 bits per heavy atom. The lowest BCUT2D eigenvalue weighted by atomic mass is 10.1. The quantitative estimate of drug-likeness (QED) is 0.903. The molecule has 1 atom stereocenters. The lowest BCUT2D eigenvalue weighted by Gasteiger charge is -2.24. The van der Waals surface area contributed by atoms with Gasteiger partial charge in [-0.2, -0.15) is 0 Å².